The molecule has 0 atom stereocenters. The Kier molecular flexibility index (Phi) is 7.06. The van der Waals surface area contributed by atoms with Crippen LogP contribution in [0, 0.1) is 11.3 Å². The Morgan fingerprint density at radius 3 is 2.53 bits per heavy atom. The van der Waals surface area contributed by atoms with Crippen molar-refractivity contribution in [2.75, 3.05) is 18.4 Å². The highest BCUT2D eigenvalue weighted by Crippen LogP contribution is 2.33. The van der Waals surface area contributed by atoms with Crippen LogP contribution in [-0.4, -0.2) is 29.8 Å². The highest BCUT2D eigenvalue weighted by Gasteiger charge is 2.35. The van der Waals surface area contributed by atoms with Gasteiger partial charge in [-0.3, -0.25) is 9.59 Å². The van der Waals surface area contributed by atoms with Crippen LogP contribution in [0.25, 0.3) is 0 Å². The first-order valence-electron chi connectivity index (χ1n) is 10.0. The molecule has 30 heavy (non-hydrogen) atoms. The first-order valence-corrected chi connectivity index (χ1v) is 10.8. The van der Waals surface area contributed by atoms with Crippen molar-refractivity contribution < 1.29 is 9.59 Å². The molecule has 3 rings (SSSR count). The van der Waals surface area contributed by atoms with Crippen molar-refractivity contribution in [1.82, 2.24) is 4.90 Å². The summed E-state index contributed by atoms with van der Waals surface area (Å²) in [6.07, 6.45) is 1.86. The largest absolute Gasteiger partial charge is 0.337 e. The Hall–Kier alpha value is -2.08. The molecule has 2 aromatic carbocycles. The molecule has 1 saturated carbocycles. The Morgan fingerprint density at radius 1 is 1.17 bits per heavy atom. The number of anilines is 1. The standard InChI is InChI=1S/C23H27Cl2N3O2/c1-23(2,13-26)14-28(22(30)15-6-7-15)12-17-11-19(8-9-20(17)25)27-21(29)16-4-3-5-18(24)10-16/h3-5,8-11,15H,6-7,12-14,26H2,1-2H3,(H,27,29). The van der Waals surface area contributed by atoms with Crippen molar-refractivity contribution >= 4 is 40.7 Å². The van der Waals surface area contributed by atoms with E-state index in [1.165, 1.54) is 0 Å². The van der Waals surface area contributed by atoms with Crippen LogP contribution in [0.5, 0.6) is 0 Å². The molecule has 0 radical (unpaired) electrons. The lowest BCUT2D eigenvalue weighted by Gasteiger charge is -2.32. The Morgan fingerprint density at radius 2 is 1.90 bits per heavy atom. The van der Waals surface area contributed by atoms with E-state index in [0.717, 1.165) is 18.4 Å². The van der Waals surface area contributed by atoms with Crippen LogP contribution in [0.3, 0.4) is 0 Å². The number of carbonyl (C=O) groups is 2. The number of carbonyl (C=O) groups excluding carboxylic acids is 2. The lowest BCUT2D eigenvalue weighted by molar-refractivity contribution is -0.134. The van der Waals surface area contributed by atoms with E-state index in [-0.39, 0.29) is 23.1 Å². The summed E-state index contributed by atoms with van der Waals surface area (Å²) < 4.78 is 0. The normalized spacial score (nSPS) is 13.8. The summed E-state index contributed by atoms with van der Waals surface area (Å²) in [6, 6.07) is 12.0. The van der Waals surface area contributed by atoms with Crippen molar-refractivity contribution in [2.45, 2.75) is 33.2 Å². The molecule has 0 aromatic heterocycles. The highest BCUT2D eigenvalue weighted by atomic mass is 35.5. The van der Waals surface area contributed by atoms with Crippen LogP contribution in [0.4, 0.5) is 5.69 Å². The molecule has 1 aliphatic rings. The molecule has 1 aliphatic carbocycles. The fourth-order valence-corrected chi connectivity index (χ4v) is 3.56. The molecule has 7 heteroatoms. The van der Waals surface area contributed by atoms with Gasteiger partial charge < -0.3 is 16.0 Å². The smallest absolute Gasteiger partial charge is 0.255 e. The summed E-state index contributed by atoms with van der Waals surface area (Å²) in [5.41, 5.74) is 7.55. The van der Waals surface area contributed by atoms with Gasteiger partial charge in [0.25, 0.3) is 5.91 Å². The van der Waals surface area contributed by atoms with Crippen LogP contribution in [0.15, 0.2) is 42.5 Å². The van der Waals surface area contributed by atoms with Crippen LogP contribution < -0.4 is 11.1 Å². The summed E-state index contributed by atoms with van der Waals surface area (Å²) >= 11 is 12.4. The third-order valence-corrected chi connectivity index (χ3v) is 5.77. The number of rotatable bonds is 8. The molecule has 0 heterocycles. The van der Waals surface area contributed by atoms with Gasteiger partial charge in [0.1, 0.15) is 0 Å². The SMILES string of the molecule is CC(C)(CN)CN(Cc1cc(NC(=O)c2cccc(Cl)c2)ccc1Cl)C(=O)C1CC1. The lowest BCUT2D eigenvalue weighted by atomic mass is 9.92. The molecule has 3 N–H and O–H groups in total. The number of nitrogens with two attached hydrogens (primary N) is 1. The van der Waals surface area contributed by atoms with Gasteiger partial charge in [0.2, 0.25) is 5.91 Å². The summed E-state index contributed by atoms with van der Waals surface area (Å²) in [5, 5.41) is 3.92. The molecule has 0 unspecified atom stereocenters. The van der Waals surface area contributed by atoms with E-state index in [9.17, 15) is 9.59 Å². The first-order chi connectivity index (χ1) is 14.2. The number of halogens is 2. The zero-order valence-corrected chi connectivity index (χ0v) is 18.8. The molecule has 0 aliphatic heterocycles. The second-order valence-corrected chi connectivity index (χ2v) is 9.45. The highest BCUT2D eigenvalue weighted by molar-refractivity contribution is 6.31. The van der Waals surface area contributed by atoms with Gasteiger partial charge in [0.15, 0.2) is 0 Å². The molecule has 2 amide bonds. The number of amides is 2. The van der Waals surface area contributed by atoms with Crippen LogP contribution in [0.1, 0.15) is 42.6 Å². The third kappa shape index (κ3) is 5.97. The molecule has 0 bridgehead atoms. The van der Waals surface area contributed by atoms with Gasteiger partial charge in [-0.25, -0.2) is 0 Å². The maximum atomic E-state index is 12.9. The van der Waals surface area contributed by atoms with Gasteiger partial charge in [-0.15, -0.1) is 0 Å². The van der Waals surface area contributed by atoms with Crippen molar-refractivity contribution in [2.24, 2.45) is 17.1 Å². The average molecular weight is 448 g/mol. The number of hydrogen-bond donors (Lipinski definition) is 2. The quantitative estimate of drug-likeness (QED) is 0.599. The predicted octanol–water partition coefficient (Wildman–Crippen LogP) is 4.97. The molecule has 0 saturated heterocycles. The predicted molar refractivity (Wildman–Crippen MR) is 122 cm³/mol. The summed E-state index contributed by atoms with van der Waals surface area (Å²) in [4.78, 5) is 27.2. The maximum absolute atomic E-state index is 12.9. The fraction of sp³-hybridized carbons (Fsp3) is 0.391. The van der Waals surface area contributed by atoms with Gasteiger partial charge in [-0.2, -0.15) is 0 Å². The molecular formula is C23H27Cl2N3O2. The maximum Gasteiger partial charge on any atom is 0.255 e. The van der Waals surface area contributed by atoms with Crippen molar-refractivity contribution in [3.8, 4) is 0 Å². The van der Waals surface area contributed by atoms with Crippen LogP contribution >= 0.6 is 23.2 Å². The van der Waals surface area contributed by atoms with E-state index >= 15 is 0 Å². The summed E-state index contributed by atoms with van der Waals surface area (Å²) in [7, 11) is 0. The number of nitrogens with one attached hydrogen (secondary N) is 1. The van der Waals surface area contributed by atoms with E-state index in [0.29, 0.717) is 40.9 Å². The minimum atomic E-state index is -0.263. The van der Waals surface area contributed by atoms with E-state index < -0.39 is 0 Å². The third-order valence-electron chi connectivity index (χ3n) is 5.16. The topological polar surface area (TPSA) is 75.4 Å². The van der Waals surface area contributed by atoms with Gasteiger partial charge >= 0.3 is 0 Å². The molecule has 5 nitrogen and oxygen atoms in total. The number of benzene rings is 2. The van der Waals surface area contributed by atoms with E-state index in [1.807, 2.05) is 24.8 Å². The van der Waals surface area contributed by atoms with Crippen molar-refractivity contribution in [3.05, 3.63) is 63.6 Å². The molecule has 1 fully saturated rings. The molecule has 0 spiro atoms. The second kappa shape index (κ2) is 9.38. The summed E-state index contributed by atoms with van der Waals surface area (Å²) in [6.45, 7) is 5.49. The van der Waals surface area contributed by atoms with E-state index in [1.54, 1.807) is 36.4 Å². The van der Waals surface area contributed by atoms with Gasteiger partial charge in [0.05, 0.1) is 0 Å². The zero-order valence-electron chi connectivity index (χ0n) is 17.3. The van der Waals surface area contributed by atoms with Crippen LogP contribution in [0.2, 0.25) is 10.0 Å². The van der Waals surface area contributed by atoms with Crippen LogP contribution in [-0.2, 0) is 11.3 Å². The lowest BCUT2D eigenvalue weighted by Crippen LogP contribution is -2.42. The summed E-state index contributed by atoms with van der Waals surface area (Å²) in [5.74, 6) is -0.0232. The minimum absolute atomic E-state index is 0.100. The van der Waals surface area contributed by atoms with Crippen molar-refractivity contribution in [1.29, 1.82) is 0 Å². The molecule has 160 valence electrons. The van der Waals surface area contributed by atoms with Gasteiger partial charge in [-0.1, -0.05) is 43.1 Å². The molecule has 2 aromatic rings. The number of hydrogen-bond acceptors (Lipinski definition) is 3. The Bertz CT molecular complexity index is 942. The van der Waals surface area contributed by atoms with Crippen molar-refractivity contribution in [3.63, 3.8) is 0 Å². The first kappa shape index (κ1) is 22.6. The van der Waals surface area contributed by atoms with Gasteiger partial charge in [0, 0.05) is 40.3 Å². The Balaban J connectivity index is 1.78. The average Bonchev–Trinajstić information content (AvgIpc) is 3.54. The monoisotopic (exact) mass is 447 g/mol. The number of nitrogens with zero attached hydrogens (tertiary/aromatic N) is 1. The van der Waals surface area contributed by atoms with Gasteiger partial charge in [-0.05, 0) is 66.8 Å². The van der Waals surface area contributed by atoms with E-state index in [2.05, 4.69) is 5.32 Å². The van der Waals surface area contributed by atoms with E-state index in [4.69, 9.17) is 28.9 Å². The minimum Gasteiger partial charge on any atom is -0.337 e. The Labute approximate surface area is 187 Å². The fourth-order valence-electron chi connectivity index (χ4n) is 3.19. The zero-order chi connectivity index (χ0) is 21.9. The molecular weight excluding hydrogens is 421 g/mol. The second-order valence-electron chi connectivity index (χ2n) is 8.61.